The van der Waals surface area contributed by atoms with Crippen molar-refractivity contribution in [2.45, 2.75) is 39.7 Å². The summed E-state index contributed by atoms with van der Waals surface area (Å²) in [7, 11) is 1.62. The molecule has 1 saturated carbocycles. The Kier molecular flexibility index (Phi) is 5.31. The van der Waals surface area contributed by atoms with Gasteiger partial charge in [-0.05, 0) is 71.2 Å². The smallest absolute Gasteiger partial charge is 0.310 e. The summed E-state index contributed by atoms with van der Waals surface area (Å²) in [4.78, 5) is 21.0. The Morgan fingerprint density at radius 1 is 1.15 bits per heavy atom. The molecule has 2 aliphatic rings. The lowest BCUT2D eigenvalue weighted by atomic mass is 9.98. The molecule has 2 heterocycles. The second-order valence-corrected chi connectivity index (χ2v) is 9.14. The third-order valence-electron chi connectivity index (χ3n) is 7.04. The molecule has 3 aromatic rings. The van der Waals surface area contributed by atoms with Crippen LogP contribution in [0.5, 0.6) is 11.8 Å². The van der Waals surface area contributed by atoms with Crippen LogP contribution in [0.4, 0.5) is 0 Å². The fourth-order valence-electron chi connectivity index (χ4n) is 5.28. The van der Waals surface area contributed by atoms with Gasteiger partial charge in [-0.3, -0.25) is 4.79 Å². The van der Waals surface area contributed by atoms with Crippen LogP contribution in [0.15, 0.2) is 48.8 Å². The highest BCUT2D eigenvalue weighted by Crippen LogP contribution is 2.71. The van der Waals surface area contributed by atoms with Crippen molar-refractivity contribution in [3.05, 3.63) is 71.0 Å². The molecule has 1 aromatic carbocycles. The Bertz CT molecular complexity index is 1220. The molecule has 2 aliphatic carbocycles. The number of fused-ring (bicyclic) bond motifs is 3. The molecule has 3 atom stereocenters. The molecule has 0 aliphatic heterocycles. The lowest BCUT2D eigenvalue weighted by Crippen LogP contribution is -2.14. The third-order valence-corrected chi connectivity index (χ3v) is 7.04. The van der Waals surface area contributed by atoms with E-state index in [-0.39, 0.29) is 23.2 Å². The molecule has 2 aromatic heterocycles. The van der Waals surface area contributed by atoms with Crippen LogP contribution >= 0.6 is 0 Å². The minimum Gasteiger partial charge on any atom is -0.481 e. The van der Waals surface area contributed by atoms with Crippen LogP contribution in [-0.2, 0) is 22.6 Å². The van der Waals surface area contributed by atoms with Crippen LogP contribution < -0.4 is 9.47 Å². The highest BCUT2D eigenvalue weighted by Gasteiger charge is 2.69. The molecule has 5 rings (SSSR count). The van der Waals surface area contributed by atoms with Gasteiger partial charge in [0, 0.05) is 30.4 Å². The van der Waals surface area contributed by atoms with E-state index in [9.17, 15) is 4.79 Å². The van der Waals surface area contributed by atoms with Crippen molar-refractivity contribution in [3.8, 4) is 22.9 Å². The Labute approximate surface area is 193 Å². The second kappa shape index (κ2) is 8.18. The van der Waals surface area contributed by atoms with Crippen LogP contribution in [0.3, 0.4) is 0 Å². The number of pyridine rings is 2. The summed E-state index contributed by atoms with van der Waals surface area (Å²) in [6, 6.07) is 12.2. The fraction of sp³-hybridized carbons (Fsp3) is 0.370. The standard InChI is InChI=1S/C27H28N2O4/c1-5-32-26(30)25-24-21-14-29-23(12-19(21)13-27(24,25)3)33-15-17-7-6-16(2)20(10-17)18-8-9-28-22(11-18)31-4/h6-12,14,24-25H,5,13,15H2,1-4H3. The van der Waals surface area contributed by atoms with Gasteiger partial charge in [-0.25, -0.2) is 9.97 Å². The van der Waals surface area contributed by atoms with Gasteiger partial charge in [0.15, 0.2) is 0 Å². The maximum atomic E-state index is 12.3. The van der Waals surface area contributed by atoms with E-state index in [1.165, 1.54) is 11.1 Å². The van der Waals surface area contributed by atoms with Gasteiger partial charge < -0.3 is 14.2 Å². The topological polar surface area (TPSA) is 70.5 Å². The summed E-state index contributed by atoms with van der Waals surface area (Å²) in [5, 5.41) is 0. The number of carbonyl (C=O) groups is 1. The summed E-state index contributed by atoms with van der Waals surface area (Å²) >= 11 is 0. The predicted octanol–water partition coefficient (Wildman–Crippen LogP) is 4.88. The van der Waals surface area contributed by atoms with Gasteiger partial charge in [-0.1, -0.05) is 19.1 Å². The highest BCUT2D eigenvalue weighted by atomic mass is 16.5. The second-order valence-electron chi connectivity index (χ2n) is 9.14. The van der Waals surface area contributed by atoms with Crippen molar-refractivity contribution in [1.29, 1.82) is 0 Å². The number of carbonyl (C=O) groups excluding carboxylic acids is 1. The van der Waals surface area contributed by atoms with E-state index < -0.39 is 0 Å². The Morgan fingerprint density at radius 2 is 2.00 bits per heavy atom. The summed E-state index contributed by atoms with van der Waals surface area (Å²) in [6.07, 6.45) is 4.49. The molecule has 33 heavy (non-hydrogen) atoms. The van der Waals surface area contributed by atoms with E-state index in [2.05, 4.69) is 42.0 Å². The number of aryl methyl sites for hydroxylation is 1. The minimum absolute atomic E-state index is 0.0451. The average molecular weight is 445 g/mol. The Hall–Kier alpha value is -3.41. The maximum Gasteiger partial charge on any atom is 0.310 e. The van der Waals surface area contributed by atoms with E-state index in [0.717, 1.165) is 28.7 Å². The van der Waals surface area contributed by atoms with Crippen molar-refractivity contribution < 1.29 is 19.0 Å². The molecule has 6 heteroatoms. The molecule has 3 unspecified atom stereocenters. The van der Waals surface area contributed by atoms with E-state index >= 15 is 0 Å². The van der Waals surface area contributed by atoms with Gasteiger partial charge in [0.05, 0.1) is 19.6 Å². The summed E-state index contributed by atoms with van der Waals surface area (Å²) in [6.45, 7) is 6.95. The first-order chi connectivity index (χ1) is 15.9. The van der Waals surface area contributed by atoms with Gasteiger partial charge in [0.25, 0.3) is 0 Å². The normalized spacial score (nSPS) is 22.3. The van der Waals surface area contributed by atoms with Crippen molar-refractivity contribution in [2.24, 2.45) is 11.3 Å². The largest absolute Gasteiger partial charge is 0.481 e. The first kappa shape index (κ1) is 21.4. The molecule has 0 radical (unpaired) electrons. The SMILES string of the molecule is CCOC(=O)C1C2c3cnc(OCc4ccc(C)c(-c5ccnc(OC)c5)c4)cc3CC12C. The zero-order valence-corrected chi connectivity index (χ0v) is 19.4. The number of hydrogen-bond donors (Lipinski definition) is 0. The number of methoxy groups -OCH3 is 1. The van der Waals surface area contributed by atoms with Crippen molar-refractivity contribution in [3.63, 3.8) is 0 Å². The van der Waals surface area contributed by atoms with Gasteiger partial charge >= 0.3 is 5.97 Å². The van der Waals surface area contributed by atoms with E-state index in [1.807, 2.05) is 31.3 Å². The Morgan fingerprint density at radius 3 is 2.79 bits per heavy atom. The quantitative estimate of drug-likeness (QED) is 0.484. The van der Waals surface area contributed by atoms with Crippen LogP contribution in [0.25, 0.3) is 11.1 Å². The Balaban J connectivity index is 1.30. The van der Waals surface area contributed by atoms with Crippen LogP contribution in [-0.4, -0.2) is 29.7 Å². The van der Waals surface area contributed by atoms with Gasteiger partial charge in [0.2, 0.25) is 11.8 Å². The highest BCUT2D eigenvalue weighted by molar-refractivity contribution is 5.81. The molecule has 6 nitrogen and oxygen atoms in total. The zero-order valence-electron chi connectivity index (χ0n) is 19.4. The number of aromatic nitrogens is 2. The van der Waals surface area contributed by atoms with E-state index in [0.29, 0.717) is 25.0 Å². The molecule has 0 N–H and O–H groups in total. The lowest BCUT2D eigenvalue weighted by Gasteiger charge is -2.13. The number of nitrogens with zero attached hydrogens (tertiary/aromatic N) is 2. The first-order valence-corrected chi connectivity index (χ1v) is 11.3. The number of hydrogen-bond acceptors (Lipinski definition) is 6. The van der Waals surface area contributed by atoms with Gasteiger partial charge in [0.1, 0.15) is 6.61 Å². The number of rotatable bonds is 7. The number of ether oxygens (including phenoxy) is 3. The van der Waals surface area contributed by atoms with Crippen LogP contribution in [0.1, 0.15) is 42.0 Å². The third kappa shape index (κ3) is 3.73. The summed E-state index contributed by atoms with van der Waals surface area (Å²) in [5.74, 6) is 1.28. The monoisotopic (exact) mass is 444 g/mol. The molecule has 0 bridgehead atoms. The van der Waals surface area contributed by atoms with Crippen molar-refractivity contribution in [2.75, 3.05) is 13.7 Å². The molecule has 170 valence electrons. The number of benzene rings is 1. The lowest BCUT2D eigenvalue weighted by molar-refractivity contribution is -0.145. The zero-order chi connectivity index (χ0) is 23.2. The molecule has 0 spiro atoms. The minimum atomic E-state index is -0.0852. The average Bonchev–Trinajstić information content (AvgIpc) is 3.31. The fourth-order valence-corrected chi connectivity index (χ4v) is 5.28. The van der Waals surface area contributed by atoms with E-state index in [4.69, 9.17) is 14.2 Å². The van der Waals surface area contributed by atoms with Gasteiger partial charge in [-0.15, -0.1) is 0 Å². The molecular formula is C27H28N2O4. The maximum absolute atomic E-state index is 12.3. The van der Waals surface area contributed by atoms with Crippen LogP contribution in [0, 0.1) is 18.3 Å². The van der Waals surface area contributed by atoms with Crippen LogP contribution in [0.2, 0.25) is 0 Å². The first-order valence-electron chi connectivity index (χ1n) is 11.3. The molecule has 0 saturated heterocycles. The summed E-state index contributed by atoms with van der Waals surface area (Å²) in [5.41, 5.74) is 6.75. The van der Waals surface area contributed by atoms with Crippen molar-refractivity contribution in [1.82, 2.24) is 9.97 Å². The molecule has 0 amide bonds. The number of esters is 1. The predicted molar refractivity (Wildman–Crippen MR) is 124 cm³/mol. The molecular weight excluding hydrogens is 416 g/mol. The molecule has 1 fully saturated rings. The van der Waals surface area contributed by atoms with Gasteiger partial charge in [-0.2, -0.15) is 0 Å². The summed E-state index contributed by atoms with van der Waals surface area (Å²) < 4.78 is 16.6. The van der Waals surface area contributed by atoms with E-state index in [1.54, 1.807) is 13.3 Å². The van der Waals surface area contributed by atoms with Crippen molar-refractivity contribution >= 4 is 5.97 Å².